The van der Waals surface area contributed by atoms with Crippen LogP contribution in [0.5, 0.6) is 0 Å². The van der Waals surface area contributed by atoms with Crippen molar-refractivity contribution in [1.29, 1.82) is 0 Å². The molecule has 1 atom stereocenters. The lowest BCUT2D eigenvalue weighted by atomic mass is 10.1. The Hall–Kier alpha value is -1.06. The van der Waals surface area contributed by atoms with Gasteiger partial charge in [-0.05, 0) is 12.3 Å². The highest BCUT2D eigenvalue weighted by Gasteiger charge is 2.19. The van der Waals surface area contributed by atoms with Crippen LogP contribution in [0.15, 0.2) is 0 Å². The quantitative estimate of drug-likeness (QED) is 0.680. The molecule has 0 aliphatic rings. The largest absolute Gasteiger partial charge is 0.480 e. The molecule has 4 nitrogen and oxygen atoms in total. The molecular formula is C11H21NO3. The van der Waals surface area contributed by atoms with E-state index in [9.17, 15) is 9.59 Å². The van der Waals surface area contributed by atoms with Gasteiger partial charge in [-0.3, -0.25) is 4.79 Å². The predicted molar refractivity (Wildman–Crippen MR) is 58.5 cm³/mol. The van der Waals surface area contributed by atoms with Gasteiger partial charge >= 0.3 is 5.97 Å². The molecule has 0 heterocycles. The fraction of sp³-hybridized carbons (Fsp3) is 0.818. The molecule has 0 aromatic carbocycles. The topological polar surface area (TPSA) is 66.4 Å². The summed E-state index contributed by atoms with van der Waals surface area (Å²) in [5.41, 5.74) is 0. The van der Waals surface area contributed by atoms with Gasteiger partial charge in [-0.25, -0.2) is 4.79 Å². The lowest BCUT2D eigenvalue weighted by Gasteiger charge is -2.14. The van der Waals surface area contributed by atoms with Gasteiger partial charge in [0.2, 0.25) is 5.91 Å². The van der Waals surface area contributed by atoms with Gasteiger partial charge in [0, 0.05) is 6.42 Å². The van der Waals surface area contributed by atoms with Crippen molar-refractivity contribution in [2.24, 2.45) is 5.92 Å². The molecule has 0 aromatic heterocycles. The molecule has 88 valence electrons. The average Bonchev–Trinajstić information content (AvgIpc) is 2.10. The number of carboxylic acids is 1. The summed E-state index contributed by atoms with van der Waals surface area (Å²) in [4.78, 5) is 22.2. The minimum atomic E-state index is -0.944. The number of rotatable bonds is 7. The number of carboxylic acid groups (broad SMARTS) is 1. The molecule has 1 amide bonds. The number of aliphatic carboxylic acids is 1. The van der Waals surface area contributed by atoms with Crippen molar-refractivity contribution in [3.05, 3.63) is 0 Å². The molecule has 0 spiro atoms. The molecule has 1 unspecified atom stereocenters. The predicted octanol–water partition coefficient (Wildman–Crippen LogP) is 1.79. The Morgan fingerprint density at radius 1 is 1.33 bits per heavy atom. The highest BCUT2D eigenvalue weighted by Crippen LogP contribution is 2.03. The number of hydrogen-bond donors (Lipinski definition) is 2. The zero-order chi connectivity index (χ0) is 11.8. The molecule has 15 heavy (non-hydrogen) atoms. The van der Waals surface area contributed by atoms with Gasteiger partial charge in [0.25, 0.3) is 0 Å². The highest BCUT2D eigenvalue weighted by atomic mass is 16.4. The van der Waals surface area contributed by atoms with E-state index in [1.807, 2.05) is 20.8 Å². The third-order valence-corrected chi connectivity index (χ3v) is 2.07. The van der Waals surface area contributed by atoms with Crippen LogP contribution in [-0.4, -0.2) is 23.0 Å². The molecule has 2 N–H and O–H groups in total. The monoisotopic (exact) mass is 215 g/mol. The number of amides is 1. The van der Waals surface area contributed by atoms with E-state index in [-0.39, 0.29) is 11.8 Å². The first kappa shape index (κ1) is 13.9. The van der Waals surface area contributed by atoms with Crippen LogP contribution in [0.4, 0.5) is 0 Å². The first-order chi connectivity index (χ1) is 6.97. The zero-order valence-electron chi connectivity index (χ0n) is 9.75. The molecule has 0 bridgehead atoms. The molecule has 4 heteroatoms. The number of carbonyl (C=O) groups excluding carboxylic acids is 1. The zero-order valence-corrected chi connectivity index (χ0v) is 9.75. The van der Waals surface area contributed by atoms with Crippen molar-refractivity contribution in [1.82, 2.24) is 5.32 Å². The average molecular weight is 215 g/mol. The van der Waals surface area contributed by atoms with Crippen LogP contribution in [0.1, 0.15) is 46.5 Å². The normalized spacial score (nSPS) is 12.5. The smallest absolute Gasteiger partial charge is 0.326 e. The molecule has 0 aliphatic carbocycles. The van der Waals surface area contributed by atoms with Crippen LogP contribution >= 0.6 is 0 Å². The van der Waals surface area contributed by atoms with Gasteiger partial charge in [-0.2, -0.15) is 0 Å². The standard InChI is InChI=1S/C11H21NO3/c1-4-5-6-9(11(14)15)12-10(13)7-8(2)3/h8-9H,4-7H2,1-3H3,(H,12,13)(H,14,15). The second-order valence-corrected chi connectivity index (χ2v) is 4.20. The Morgan fingerprint density at radius 2 is 1.93 bits per heavy atom. The maximum absolute atomic E-state index is 11.4. The van der Waals surface area contributed by atoms with Gasteiger partial charge in [-0.1, -0.05) is 33.6 Å². The van der Waals surface area contributed by atoms with Crippen LogP contribution in [0.2, 0.25) is 0 Å². The summed E-state index contributed by atoms with van der Waals surface area (Å²) in [5.74, 6) is -0.861. The Morgan fingerprint density at radius 3 is 2.33 bits per heavy atom. The molecular weight excluding hydrogens is 194 g/mol. The Kier molecular flexibility index (Phi) is 6.75. The van der Waals surface area contributed by atoms with Crippen molar-refractivity contribution < 1.29 is 14.7 Å². The molecule has 0 radical (unpaired) electrons. The summed E-state index contributed by atoms with van der Waals surface area (Å²) in [7, 11) is 0. The fourth-order valence-electron chi connectivity index (χ4n) is 1.29. The first-order valence-electron chi connectivity index (χ1n) is 5.49. The minimum absolute atomic E-state index is 0.173. The van der Waals surface area contributed by atoms with Crippen LogP contribution in [0.25, 0.3) is 0 Å². The van der Waals surface area contributed by atoms with Crippen molar-refractivity contribution in [3.8, 4) is 0 Å². The van der Waals surface area contributed by atoms with Crippen molar-refractivity contribution in [2.45, 2.75) is 52.5 Å². The molecule has 0 fully saturated rings. The SMILES string of the molecule is CCCCC(NC(=O)CC(C)C)C(=O)O. The van der Waals surface area contributed by atoms with Crippen molar-refractivity contribution >= 4 is 11.9 Å². The van der Waals surface area contributed by atoms with E-state index in [2.05, 4.69) is 5.32 Å². The summed E-state index contributed by atoms with van der Waals surface area (Å²) < 4.78 is 0. The van der Waals surface area contributed by atoms with Gasteiger partial charge in [0.05, 0.1) is 0 Å². The van der Waals surface area contributed by atoms with Gasteiger partial charge in [0.15, 0.2) is 0 Å². The Bertz CT molecular complexity index is 214. The van der Waals surface area contributed by atoms with Crippen LogP contribution in [-0.2, 0) is 9.59 Å². The van der Waals surface area contributed by atoms with E-state index < -0.39 is 12.0 Å². The van der Waals surface area contributed by atoms with E-state index in [1.54, 1.807) is 0 Å². The van der Waals surface area contributed by atoms with E-state index in [1.165, 1.54) is 0 Å². The van der Waals surface area contributed by atoms with E-state index in [0.717, 1.165) is 12.8 Å². The highest BCUT2D eigenvalue weighted by molar-refractivity contribution is 5.83. The maximum atomic E-state index is 11.4. The van der Waals surface area contributed by atoms with Crippen LogP contribution in [0, 0.1) is 5.92 Å². The van der Waals surface area contributed by atoms with Gasteiger partial charge < -0.3 is 10.4 Å². The molecule has 0 aromatic rings. The number of unbranched alkanes of at least 4 members (excludes halogenated alkanes) is 1. The Labute approximate surface area is 91.1 Å². The summed E-state index contributed by atoms with van der Waals surface area (Å²) >= 11 is 0. The Balaban J connectivity index is 4.04. The summed E-state index contributed by atoms with van der Waals surface area (Å²) in [6.45, 7) is 5.86. The molecule has 0 saturated carbocycles. The maximum Gasteiger partial charge on any atom is 0.326 e. The van der Waals surface area contributed by atoms with E-state index in [0.29, 0.717) is 12.8 Å². The third-order valence-electron chi connectivity index (χ3n) is 2.07. The number of carbonyl (C=O) groups is 2. The van der Waals surface area contributed by atoms with Crippen LogP contribution < -0.4 is 5.32 Å². The van der Waals surface area contributed by atoms with Crippen LogP contribution in [0.3, 0.4) is 0 Å². The lowest BCUT2D eigenvalue weighted by Crippen LogP contribution is -2.41. The van der Waals surface area contributed by atoms with Gasteiger partial charge in [-0.15, -0.1) is 0 Å². The summed E-state index contributed by atoms with van der Waals surface area (Å²) in [6, 6.07) is -0.726. The fourth-order valence-corrected chi connectivity index (χ4v) is 1.29. The minimum Gasteiger partial charge on any atom is -0.480 e. The molecule has 0 rings (SSSR count). The lowest BCUT2D eigenvalue weighted by molar-refractivity contribution is -0.142. The number of nitrogens with one attached hydrogen (secondary N) is 1. The van der Waals surface area contributed by atoms with Gasteiger partial charge in [0.1, 0.15) is 6.04 Å². The second-order valence-electron chi connectivity index (χ2n) is 4.20. The molecule has 0 aliphatic heterocycles. The number of hydrogen-bond acceptors (Lipinski definition) is 2. The summed E-state index contributed by atoms with van der Waals surface area (Å²) in [6.07, 6.45) is 2.65. The summed E-state index contributed by atoms with van der Waals surface area (Å²) in [5, 5.41) is 11.4. The first-order valence-corrected chi connectivity index (χ1v) is 5.49. The third kappa shape index (κ3) is 6.94. The molecule has 0 saturated heterocycles. The second kappa shape index (κ2) is 7.26. The van der Waals surface area contributed by atoms with E-state index >= 15 is 0 Å². The van der Waals surface area contributed by atoms with E-state index in [4.69, 9.17) is 5.11 Å². The van der Waals surface area contributed by atoms with Crippen molar-refractivity contribution in [3.63, 3.8) is 0 Å². The van der Waals surface area contributed by atoms with Crippen molar-refractivity contribution in [2.75, 3.05) is 0 Å².